The zero-order chi connectivity index (χ0) is 56.0. The summed E-state index contributed by atoms with van der Waals surface area (Å²) in [5.41, 5.74) is 3.44. The Labute approximate surface area is 459 Å². The molecule has 2 saturated heterocycles. The molecule has 2 aromatic carbocycles. The van der Waals surface area contributed by atoms with Gasteiger partial charge in [0, 0.05) is 39.1 Å². The highest BCUT2D eigenvalue weighted by atomic mass is 16.2. The van der Waals surface area contributed by atoms with Gasteiger partial charge in [-0.3, -0.25) is 38.5 Å². The van der Waals surface area contributed by atoms with Gasteiger partial charge in [0.1, 0.15) is 24.2 Å². The number of nitrogens with zero attached hydrogens (tertiary/aromatic N) is 4. The molecular formula is C60H94N10O7. The predicted octanol–water partition coefficient (Wildman–Crippen LogP) is 5.32. The van der Waals surface area contributed by atoms with Gasteiger partial charge in [-0.2, -0.15) is 0 Å². The van der Waals surface area contributed by atoms with Gasteiger partial charge in [0.15, 0.2) is 0 Å². The van der Waals surface area contributed by atoms with Crippen LogP contribution in [0.15, 0.2) is 48.5 Å². The van der Waals surface area contributed by atoms with E-state index in [0.717, 1.165) is 101 Å². The van der Waals surface area contributed by atoms with E-state index in [1.807, 2.05) is 65.8 Å². The number of carbonyl (C=O) groups excluding carboxylic acids is 7. The van der Waals surface area contributed by atoms with Crippen molar-refractivity contribution in [2.24, 2.45) is 10.8 Å². The van der Waals surface area contributed by atoms with Gasteiger partial charge in [0.05, 0.1) is 30.7 Å². The van der Waals surface area contributed by atoms with Gasteiger partial charge < -0.3 is 46.6 Å². The fourth-order valence-electron chi connectivity index (χ4n) is 11.5. The lowest BCUT2D eigenvalue weighted by atomic mass is 9.85. The van der Waals surface area contributed by atoms with Crippen molar-refractivity contribution in [3.8, 4) is 0 Å². The standard InChI is InChI=1S/C60H94N10O7/c1-40(61-9)53(72)65-51(59(3,4)5)57(76)69-36-34-67(38-48(69)55(74)63-46-30-22-26-42-24-17-19-28-44(42)46)33-21-15-13-11-12-14-16-32-50(71)68-35-37-70(58(77)52(60(6,7)8)66-54(73)41(2)62-10)49(39-68)56(75)64-47-31-23-27-43-25-18-20-29-45(43)47/h17-20,24-25,28-29,40-41,46-49,51-52,61-62H,11-16,21-23,26-27,30-39H2,1-10H3,(H,63,74)(H,64,75)(H,65,72)(H,66,73)/t40-,41-,46+,47+,48-,49-,51+,52+/m0/s1. The molecule has 0 saturated carbocycles. The number of aryl methyl sites for hydroxylation is 2. The monoisotopic (exact) mass is 1070 g/mol. The van der Waals surface area contributed by atoms with Crippen LogP contribution in [0.2, 0.25) is 0 Å². The molecule has 17 heteroatoms. The van der Waals surface area contributed by atoms with E-state index < -0.39 is 47.1 Å². The third-order valence-electron chi connectivity index (χ3n) is 16.6. The topological polar surface area (TPSA) is 205 Å². The van der Waals surface area contributed by atoms with Crippen LogP contribution in [0.3, 0.4) is 0 Å². The van der Waals surface area contributed by atoms with Crippen LogP contribution in [0.25, 0.3) is 0 Å². The third kappa shape index (κ3) is 16.3. The van der Waals surface area contributed by atoms with Crippen molar-refractivity contribution in [2.45, 2.75) is 194 Å². The molecule has 17 nitrogen and oxygen atoms in total. The van der Waals surface area contributed by atoms with E-state index in [1.165, 1.54) is 11.1 Å². The molecule has 2 heterocycles. The van der Waals surface area contributed by atoms with Crippen molar-refractivity contribution in [2.75, 3.05) is 59.9 Å². The summed E-state index contributed by atoms with van der Waals surface area (Å²) in [6.45, 7) is 17.8. The van der Waals surface area contributed by atoms with Gasteiger partial charge in [-0.15, -0.1) is 0 Å². The molecule has 0 spiro atoms. The summed E-state index contributed by atoms with van der Waals surface area (Å²) in [7, 11) is 3.40. The molecule has 6 rings (SSSR count). The van der Waals surface area contributed by atoms with Crippen molar-refractivity contribution in [1.29, 1.82) is 0 Å². The summed E-state index contributed by atoms with van der Waals surface area (Å²) in [4.78, 5) is 105. The van der Waals surface area contributed by atoms with Crippen LogP contribution in [-0.2, 0) is 46.4 Å². The van der Waals surface area contributed by atoms with Crippen LogP contribution in [0.5, 0.6) is 0 Å². The largest absolute Gasteiger partial charge is 0.347 e. The summed E-state index contributed by atoms with van der Waals surface area (Å²) < 4.78 is 0. The number of hydrogen-bond donors (Lipinski definition) is 6. The van der Waals surface area contributed by atoms with E-state index in [0.29, 0.717) is 32.6 Å². The highest BCUT2D eigenvalue weighted by Crippen LogP contribution is 2.33. The maximum atomic E-state index is 14.5. The van der Waals surface area contributed by atoms with Gasteiger partial charge in [-0.1, -0.05) is 122 Å². The summed E-state index contributed by atoms with van der Waals surface area (Å²) in [5.74, 6) is -1.63. The SMILES string of the molecule is CN[C@@H](C)C(=O)N[C@H](C(=O)N1CCN(CCCCCCCCCC(=O)N2CCN(C(=O)[C@@H](NC(=O)[C@H](C)NC)C(C)(C)C)[C@H](C(=O)N[C@@H]3CCCc4ccccc43)C2)C[C@H]1C(=O)N[C@@H]1CCCc2ccccc21)C(C)(C)C. The zero-order valence-corrected chi connectivity index (χ0v) is 48.2. The summed E-state index contributed by atoms with van der Waals surface area (Å²) >= 11 is 0. The molecule has 8 atom stereocenters. The van der Waals surface area contributed by atoms with E-state index in [4.69, 9.17) is 0 Å². The van der Waals surface area contributed by atoms with E-state index in [9.17, 15) is 33.6 Å². The number of amides is 7. The maximum Gasteiger partial charge on any atom is 0.246 e. The first-order valence-corrected chi connectivity index (χ1v) is 29.0. The number of carbonyl (C=O) groups is 7. The first-order chi connectivity index (χ1) is 36.6. The molecule has 0 radical (unpaired) electrons. The molecule has 2 aromatic rings. The number of fused-ring (bicyclic) bond motifs is 2. The lowest BCUT2D eigenvalue weighted by Gasteiger charge is -2.44. The van der Waals surface area contributed by atoms with E-state index in [2.05, 4.69) is 61.1 Å². The quantitative estimate of drug-likeness (QED) is 0.0838. The van der Waals surface area contributed by atoms with Crippen molar-refractivity contribution in [3.05, 3.63) is 70.8 Å². The second-order valence-electron chi connectivity index (χ2n) is 24.4. The van der Waals surface area contributed by atoms with Crippen molar-refractivity contribution < 1.29 is 33.6 Å². The van der Waals surface area contributed by atoms with E-state index in [1.54, 1.807) is 42.6 Å². The lowest BCUT2D eigenvalue weighted by Crippen LogP contribution is -2.66. The number of likely N-dealkylation sites (N-methyl/N-ethyl adjacent to an activating group) is 2. The zero-order valence-electron chi connectivity index (χ0n) is 48.2. The van der Waals surface area contributed by atoms with E-state index in [-0.39, 0.29) is 66.5 Å². The summed E-state index contributed by atoms with van der Waals surface area (Å²) in [6.07, 6.45) is 12.5. The Morgan fingerprint density at radius 2 is 0.987 bits per heavy atom. The average molecular weight is 1070 g/mol. The Kier molecular flexibility index (Phi) is 22.1. The van der Waals surface area contributed by atoms with Crippen molar-refractivity contribution in [3.63, 3.8) is 0 Å². The smallest absolute Gasteiger partial charge is 0.246 e. The van der Waals surface area contributed by atoms with Crippen molar-refractivity contribution >= 4 is 41.4 Å². The molecule has 7 amide bonds. The Morgan fingerprint density at radius 1 is 0.558 bits per heavy atom. The molecule has 2 aliphatic carbocycles. The number of rotatable bonds is 22. The summed E-state index contributed by atoms with van der Waals surface area (Å²) in [6, 6.07) is 11.8. The predicted molar refractivity (Wildman–Crippen MR) is 301 cm³/mol. The van der Waals surface area contributed by atoms with Gasteiger partial charge >= 0.3 is 0 Å². The Bertz CT molecular complexity index is 2350. The molecule has 0 bridgehead atoms. The average Bonchev–Trinajstić information content (AvgIpc) is 3.42. The number of unbranched alkanes of at least 4 members (excludes halogenated alkanes) is 6. The molecule has 6 N–H and O–H groups in total. The Morgan fingerprint density at radius 3 is 1.45 bits per heavy atom. The third-order valence-corrected chi connectivity index (χ3v) is 16.6. The molecule has 4 aliphatic rings. The highest BCUT2D eigenvalue weighted by Gasteiger charge is 2.45. The molecule has 2 aliphatic heterocycles. The maximum absolute atomic E-state index is 14.5. The van der Waals surface area contributed by atoms with Crippen LogP contribution < -0.4 is 31.9 Å². The van der Waals surface area contributed by atoms with Crippen LogP contribution >= 0.6 is 0 Å². The molecular weight excluding hydrogens is 973 g/mol. The second kappa shape index (κ2) is 28.0. The first-order valence-electron chi connectivity index (χ1n) is 29.0. The second-order valence-corrected chi connectivity index (χ2v) is 24.4. The number of benzene rings is 2. The van der Waals surface area contributed by atoms with Gasteiger partial charge in [-0.05, 0) is 119 Å². The number of nitrogens with one attached hydrogen (secondary N) is 6. The van der Waals surface area contributed by atoms with Gasteiger partial charge in [0.25, 0.3) is 0 Å². The van der Waals surface area contributed by atoms with Crippen molar-refractivity contribution in [1.82, 2.24) is 51.5 Å². The number of hydrogen-bond acceptors (Lipinski definition) is 10. The fraction of sp³-hybridized carbons (Fsp3) is 0.683. The van der Waals surface area contributed by atoms with E-state index >= 15 is 0 Å². The minimum absolute atomic E-state index is 0.0270. The molecule has 426 valence electrons. The minimum Gasteiger partial charge on any atom is -0.347 e. The minimum atomic E-state index is -0.917. The van der Waals surface area contributed by atoms with Gasteiger partial charge in [0.2, 0.25) is 41.4 Å². The van der Waals surface area contributed by atoms with Crippen LogP contribution in [0.4, 0.5) is 0 Å². The normalized spacial score (nSPS) is 21.6. The first kappa shape index (κ1) is 60.8. The van der Waals surface area contributed by atoms with Crippen LogP contribution in [0.1, 0.15) is 167 Å². The van der Waals surface area contributed by atoms with Gasteiger partial charge in [-0.25, -0.2) is 0 Å². The molecule has 77 heavy (non-hydrogen) atoms. The highest BCUT2D eigenvalue weighted by molar-refractivity contribution is 5.95. The molecule has 0 unspecified atom stereocenters. The molecule has 0 aromatic heterocycles. The lowest BCUT2D eigenvalue weighted by molar-refractivity contribution is -0.152. The fourth-order valence-corrected chi connectivity index (χ4v) is 11.5. The van der Waals surface area contributed by atoms with Crippen LogP contribution in [0, 0.1) is 10.8 Å². The molecule has 2 fully saturated rings. The summed E-state index contributed by atoms with van der Waals surface area (Å²) in [5, 5.41) is 18.5. The number of piperazine rings is 2. The Hall–Kier alpha value is -5.39. The Balaban J connectivity index is 0.998. The van der Waals surface area contributed by atoms with Crippen LogP contribution in [-0.4, -0.2) is 157 Å².